The Morgan fingerprint density at radius 3 is 0.894 bits per heavy atom. The molecule has 21 aromatic carbocycles. The molecule has 0 fully saturated rings. The quantitative estimate of drug-likeness (QED) is 0.154. The normalized spacial score (nSPS) is 12.6. The SMILES string of the molecule is c1ccc2c3c(ccc2c1)-c1cccc2cccc(c12)N3c1nc(-c2ccc3c(c2)oc2ccccc23)c2oc3ccccc3c2n1.c1ccc2c3c(ccc2c1)-c1cccc2cccc(c12)N3c1nc(-c2ccc3oc4ccccc4c3c2)c2oc3ccccc3c2n1.c1ccc2c3c(ccc2c1)-c1cccc2cccc(c12)N3c1nc(-c2cccc3c2oc2ccccc23)c2oc3ccccc3c2n1. The van der Waals surface area contributed by atoms with Gasteiger partial charge in [0.1, 0.15) is 83.9 Å². The van der Waals surface area contributed by atoms with E-state index in [1.807, 2.05) is 115 Å². The standard InChI is InChI=1S/3C42H23N3O2/c1-2-13-26-24(10-1)22-23-29-28-16-7-11-25-12-8-19-33(36(25)28)45(39(26)29)42-43-37-31-15-4-6-21-35(31)47-41(37)38(44-42)32-18-9-17-30-27-14-3-5-20-34(27)46-40(30)32;1-2-12-27-24(9-1)19-22-31-30-15-7-10-25-11-8-16-33(37(25)30)45(40(27)31)42-43-38(41-39(44-42)32-14-4-6-18-35(32)47-41)26-20-21-29-28-13-3-5-17-34(28)46-36(29)23-26;1-2-12-27-24(9-1)19-21-30-29-15-7-10-25-11-8-16-33(37(25)29)45(40(27)30)42-43-38(41-39(44-42)31-14-4-6-18-35(31)47-41)26-20-22-36-32(23-26)28-13-3-5-17-34(28)46-36/h3*1-23H. The number of rotatable bonds is 6. The molecule has 0 unspecified atom stereocenters. The maximum Gasteiger partial charge on any atom is 0.236 e. The van der Waals surface area contributed by atoms with E-state index in [4.69, 9.17) is 56.4 Å². The lowest BCUT2D eigenvalue weighted by Crippen LogP contribution is -2.18. The molecule has 3 aliphatic rings. The van der Waals surface area contributed by atoms with E-state index in [9.17, 15) is 0 Å². The van der Waals surface area contributed by atoms with Crippen molar-refractivity contribution in [2.75, 3.05) is 14.7 Å². The number of hydrogen-bond acceptors (Lipinski definition) is 15. The van der Waals surface area contributed by atoms with Gasteiger partial charge in [0.25, 0.3) is 0 Å². The molecule has 0 amide bonds. The molecule has 0 saturated carbocycles. The van der Waals surface area contributed by atoms with Gasteiger partial charge in [0.05, 0.1) is 34.1 Å². The van der Waals surface area contributed by atoms with Crippen LogP contribution in [0.15, 0.2) is 445 Å². The third kappa shape index (κ3) is 11.4. The monoisotopic (exact) mass is 1800 g/mol. The molecule has 0 spiro atoms. The van der Waals surface area contributed by atoms with Crippen LogP contribution in [0.4, 0.5) is 52.0 Å². The van der Waals surface area contributed by atoms with E-state index >= 15 is 0 Å². The molecule has 30 aromatic rings. The van der Waals surface area contributed by atoms with Gasteiger partial charge in [-0.3, -0.25) is 14.7 Å². The first-order valence-electron chi connectivity index (χ1n) is 47.3. The van der Waals surface area contributed by atoms with Crippen molar-refractivity contribution >= 4 is 249 Å². The van der Waals surface area contributed by atoms with E-state index in [1.54, 1.807) is 0 Å². The number of aromatic nitrogens is 6. The molecule has 0 saturated heterocycles. The van der Waals surface area contributed by atoms with Gasteiger partial charge in [-0.25, -0.2) is 29.9 Å². The highest BCUT2D eigenvalue weighted by atomic mass is 16.4. The predicted octanol–water partition coefficient (Wildman–Crippen LogP) is 35.1. The molecule has 15 heteroatoms. The van der Waals surface area contributed by atoms with Gasteiger partial charge in [0, 0.05) is 114 Å². The molecule has 12 heterocycles. The minimum Gasteiger partial charge on any atom is -0.456 e. The number of nitrogens with zero attached hydrogens (tertiary/aromatic N) is 9. The predicted molar refractivity (Wildman–Crippen MR) is 572 cm³/mol. The Morgan fingerprint density at radius 1 is 0.163 bits per heavy atom. The average molecular weight is 1800 g/mol. The topological polar surface area (TPSA) is 166 Å². The lowest BCUT2D eigenvalue weighted by Gasteiger charge is -2.33. The summed E-state index contributed by atoms with van der Waals surface area (Å²) >= 11 is 0. The van der Waals surface area contributed by atoms with Crippen molar-refractivity contribution in [1.82, 2.24) is 29.9 Å². The summed E-state index contributed by atoms with van der Waals surface area (Å²) in [4.78, 5) is 39.0. The van der Waals surface area contributed by atoms with E-state index in [1.165, 1.54) is 49.0 Å². The molecule has 0 bridgehead atoms. The van der Waals surface area contributed by atoms with Gasteiger partial charge in [0.2, 0.25) is 17.8 Å². The first-order chi connectivity index (χ1) is 69.9. The second-order valence-electron chi connectivity index (χ2n) is 36.4. The van der Waals surface area contributed by atoms with E-state index in [0.717, 1.165) is 226 Å². The molecule has 33 rings (SSSR count). The van der Waals surface area contributed by atoms with Crippen molar-refractivity contribution in [2.24, 2.45) is 0 Å². The molecular formula is C126H69N9O6. The summed E-state index contributed by atoms with van der Waals surface area (Å²) in [5.74, 6) is 1.76. The maximum absolute atomic E-state index is 6.57. The average Bonchev–Trinajstić information content (AvgIpc) is 1.65. The number of fused-ring (bicyclic) bond motifs is 30. The molecule has 15 nitrogen and oxygen atoms in total. The van der Waals surface area contributed by atoms with Gasteiger partial charge < -0.3 is 26.5 Å². The molecule has 0 aliphatic carbocycles. The summed E-state index contributed by atoms with van der Waals surface area (Å²) in [5, 5.41) is 23.2. The van der Waals surface area contributed by atoms with Crippen LogP contribution in [0.5, 0.6) is 0 Å². The van der Waals surface area contributed by atoms with Crippen LogP contribution in [0.25, 0.3) is 264 Å². The van der Waals surface area contributed by atoms with Crippen molar-refractivity contribution in [1.29, 1.82) is 0 Å². The number of furan rings is 6. The van der Waals surface area contributed by atoms with Crippen molar-refractivity contribution in [2.45, 2.75) is 0 Å². The van der Waals surface area contributed by atoms with Gasteiger partial charge in [-0.1, -0.05) is 309 Å². The highest BCUT2D eigenvalue weighted by Gasteiger charge is 2.37. The largest absolute Gasteiger partial charge is 0.456 e. The van der Waals surface area contributed by atoms with Crippen molar-refractivity contribution < 1.29 is 26.5 Å². The Hall–Kier alpha value is -19.4. The second-order valence-corrected chi connectivity index (χ2v) is 36.4. The molecule has 654 valence electrons. The third-order valence-corrected chi connectivity index (χ3v) is 28.8. The molecule has 141 heavy (non-hydrogen) atoms. The fourth-order valence-corrected chi connectivity index (χ4v) is 22.6. The van der Waals surface area contributed by atoms with Crippen LogP contribution in [-0.4, -0.2) is 29.9 Å². The zero-order valence-electron chi connectivity index (χ0n) is 74.8. The van der Waals surface area contributed by atoms with E-state index in [-0.39, 0.29) is 0 Å². The number of hydrogen-bond donors (Lipinski definition) is 0. The Morgan fingerprint density at radius 2 is 0.454 bits per heavy atom. The number of para-hydroxylation sites is 7. The first-order valence-corrected chi connectivity index (χ1v) is 47.3. The number of benzene rings is 21. The molecule has 3 aliphatic heterocycles. The summed E-state index contributed by atoms with van der Waals surface area (Å²) < 4.78 is 38.7. The van der Waals surface area contributed by atoms with Crippen LogP contribution in [0.1, 0.15) is 0 Å². The zero-order chi connectivity index (χ0) is 91.9. The molecule has 0 atom stereocenters. The minimum atomic E-state index is 0.576. The van der Waals surface area contributed by atoms with Crippen LogP contribution >= 0.6 is 0 Å². The molecule has 0 radical (unpaired) electrons. The first kappa shape index (κ1) is 77.0. The summed E-state index contributed by atoms with van der Waals surface area (Å²) in [6, 6.07) is 145. The van der Waals surface area contributed by atoms with E-state index < -0.39 is 0 Å². The lowest BCUT2D eigenvalue weighted by atomic mass is 9.89. The smallest absolute Gasteiger partial charge is 0.236 e. The van der Waals surface area contributed by atoms with Crippen molar-refractivity contribution in [3.05, 3.63) is 419 Å². The molecule has 0 N–H and O–H groups in total. The lowest BCUT2D eigenvalue weighted by molar-refractivity contribution is 0.662. The van der Waals surface area contributed by atoms with Gasteiger partial charge >= 0.3 is 0 Å². The van der Waals surface area contributed by atoms with Gasteiger partial charge in [-0.05, 0) is 158 Å². The van der Waals surface area contributed by atoms with Gasteiger partial charge in [-0.2, -0.15) is 0 Å². The fraction of sp³-hybridized carbons (Fsp3) is 0. The van der Waals surface area contributed by atoms with Gasteiger partial charge in [-0.15, -0.1) is 0 Å². The fourth-order valence-electron chi connectivity index (χ4n) is 22.6. The molecular weight excluding hydrogens is 1740 g/mol. The summed E-state index contributed by atoms with van der Waals surface area (Å²) in [6.45, 7) is 0. The zero-order valence-corrected chi connectivity index (χ0v) is 74.8. The van der Waals surface area contributed by atoms with Gasteiger partial charge in [0.15, 0.2) is 16.7 Å². The van der Waals surface area contributed by atoms with Crippen LogP contribution in [-0.2, 0) is 0 Å². The second kappa shape index (κ2) is 29.6. The molecule has 9 aromatic heterocycles. The Kier molecular flexibility index (Phi) is 16.1. The summed E-state index contributed by atoms with van der Waals surface area (Å²) in [6.07, 6.45) is 0. The highest BCUT2D eigenvalue weighted by Crippen LogP contribution is 2.59. The summed E-state index contributed by atoms with van der Waals surface area (Å²) in [7, 11) is 0. The Bertz CT molecular complexity index is 10700. The minimum absolute atomic E-state index is 0.576. The maximum atomic E-state index is 6.57. The Labute approximate surface area is 800 Å². The van der Waals surface area contributed by atoms with Crippen LogP contribution in [0.2, 0.25) is 0 Å². The Balaban J connectivity index is 0.0000000972. The summed E-state index contributed by atoms with van der Waals surface area (Å²) in [5.41, 5.74) is 29.9. The van der Waals surface area contributed by atoms with E-state index in [2.05, 4.69) is 318 Å². The van der Waals surface area contributed by atoms with Crippen LogP contribution in [0, 0.1) is 0 Å². The van der Waals surface area contributed by atoms with E-state index in [0.29, 0.717) is 40.3 Å². The van der Waals surface area contributed by atoms with Crippen molar-refractivity contribution in [3.8, 4) is 67.2 Å². The third-order valence-electron chi connectivity index (χ3n) is 28.8. The van der Waals surface area contributed by atoms with Crippen molar-refractivity contribution in [3.63, 3.8) is 0 Å². The number of anilines is 9. The van der Waals surface area contributed by atoms with Crippen LogP contribution in [0.3, 0.4) is 0 Å². The van der Waals surface area contributed by atoms with Crippen LogP contribution < -0.4 is 14.7 Å². The highest BCUT2D eigenvalue weighted by molar-refractivity contribution is 6.25.